The second kappa shape index (κ2) is 4.18. The largest absolute Gasteiger partial charge is 0.341 e. The van der Waals surface area contributed by atoms with Gasteiger partial charge in [-0.1, -0.05) is 30.3 Å². The molecule has 0 fully saturated rings. The molecule has 2 heterocycles. The van der Waals surface area contributed by atoms with Crippen molar-refractivity contribution in [2.75, 3.05) is 0 Å². The number of hydrogen-bond donors (Lipinski definition) is 2. The number of benzene rings is 1. The molecule has 5 heteroatoms. The van der Waals surface area contributed by atoms with Crippen LogP contribution in [0.3, 0.4) is 0 Å². The Morgan fingerprint density at radius 3 is 2.76 bits per heavy atom. The van der Waals surface area contributed by atoms with E-state index in [0.29, 0.717) is 17.1 Å². The number of nitrogens with one attached hydrogen (secondary N) is 1. The Balaban J connectivity index is 2.01. The quantitative estimate of drug-likeness (QED) is 0.535. The molecule has 0 aliphatic heterocycles. The summed E-state index contributed by atoms with van der Waals surface area (Å²) in [7, 11) is 0. The Morgan fingerprint density at radius 2 is 1.94 bits per heavy atom. The number of hydrogen-bond acceptors (Lipinski definition) is 4. The van der Waals surface area contributed by atoms with E-state index in [1.807, 2.05) is 18.2 Å². The highest BCUT2D eigenvalue weighted by Gasteiger charge is 2.07. The van der Waals surface area contributed by atoms with Crippen LogP contribution in [-0.2, 0) is 6.42 Å². The summed E-state index contributed by atoms with van der Waals surface area (Å²) in [4.78, 5) is 15.8. The summed E-state index contributed by atoms with van der Waals surface area (Å²) in [6, 6.07) is 10.1. The van der Waals surface area contributed by atoms with E-state index in [1.54, 1.807) is 6.33 Å². The molecular weight excluding hydrogens is 232 g/mol. The molecule has 0 radical (unpaired) electrons. The predicted octanol–water partition coefficient (Wildman–Crippen LogP) is 2.23. The Labute approximate surface area is 104 Å². The molecule has 4 nitrogen and oxygen atoms in total. The number of fused-ring (bicyclic) bond motifs is 1. The summed E-state index contributed by atoms with van der Waals surface area (Å²) < 4.78 is 0. The van der Waals surface area contributed by atoms with Crippen molar-refractivity contribution < 1.29 is 0 Å². The minimum atomic E-state index is 0.637. The van der Waals surface area contributed by atoms with Gasteiger partial charge in [0.15, 0.2) is 5.65 Å². The summed E-state index contributed by atoms with van der Waals surface area (Å²) in [6.45, 7) is 0. The van der Waals surface area contributed by atoms with Crippen molar-refractivity contribution >= 4 is 23.8 Å². The second-order valence-corrected chi connectivity index (χ2v) is 4.15. The molecule has 0 spiro atoms. The van der Waals surface area contributed by atoms with Gasteiger partial charge in [-0.05, 0) is 5.56 Å². The lowest BCUT2D eigenvalue weighted by molar-refractivity contribution is 0.937. The van der Waals surface area contributed by atoms with Crippen LogP contribution in [0.5, 0.6) is 0 Å². The lowest BCUT2D eigenvalue weighted by Gasteiger charge is -2.01. The van der Waals surface area contributed by atoms with E-state index in [9.17, 15) is 0 Å². The molecule has 0 atom stereocenters. The third kappa shape index (κ3) is 2.01. The fourth-order valence-corrected chi connectivity index (χ4v) is 2.00. The van der Waals surface area contributed by atoms with Crippen molar-refractivity contribution in [3.63, 3.8) is 0 Å². The molecule has 0 aliphatic carbocycles. The lowest BCUT2D eigenvalue weighted by Crippen LogP contribution is -1.98. The van der Waals surface area contributed by atoms with Crippen LogP contribution in [0.15, 0.2) is 41.7 Å². The smallest absolute Gasteiger partial charge is 0.182 e. The number of aromatic amines is 1. The molecule has 0 saturated carbocycles. The van der Waals surface area contributed by atoms with Gasteiger partial charge in [0.1, 0.15) is 16.4 Å². The van der Waals surface area contributed by atoms with Crippen molar-refractivity contribution in [1.29, 1.82) is 0 Å². The van der Waals surface area contributed by atoms with Gasteiger partial charge in [-0.15, -0.1) is 12.6 Å². The molecule has 0 amide bonds. The number of nitrogens with zero attached hydrogens (tertiary/aromatic N) is 3. The molecule has 0 unspecified atom stereocenters. The maximum Gasteiger partial charge on any atom is 0.182 e. The van der Waals surface area contributed by atoms with E-state index in [1.165, 1.54) is 5.56 Å². The number of imidazole rings is 1. The van der Waals surface area contributed by atoms with Crippen molar-refractivity contribution in [2.24, 2.45) is 0 Å². The molecule has 84 valence electrons. The number of thiol groups is 1. The van der Waals surface area contributed by atoms with Crippen LogP contribution in [0.2, 0.25) is 0 Å². The minimum absolute atomic E-state index is 0.637. The normalized spacial score (nSPS) is 10.9. The van der Waals surface area contributed by atoms with Gasteiger partial charge in [0.25, 0.3) is 0 Å². The number of rotatable bonds is 2. The van der Waals surface area contributed by atoms with Crippen LogP contribution in [0.4, 0.5) is 0 Å². The van der Waals surface area contributed by atoms with E-state index >= 15 is 0 Å². The first-order valence-electron chi connectivity index (χ1n) is 5.26. The van der Waals surface area contributed by atoms with E-state index in [0.717, 1.165) is 11.3 Å². The predicted molar refractivity (Wildman–Crippen MR) is 68.2 cm³/mol. The first-order chi connectivity index (χ1) is 8.33. The fourth-order valence-electron chi connectivity index (χ4n) is 1.72. The first-order valence-corrected chi connectivity index (χ1v) is 5.70. The monoisotopic (exact) mass is 242 g/mol. The summed E-state index contributed by atoms with van der Waals surface area (Å²) in [5.74, 6) is 0.737. The molecule has 1 aromatic carbocycles. The van der Waals surface area contributed by atoms with Crippen LogP contribution in [0, 0.1) is 0 Å². The highest BCUT2D eigenvalue weighted by Crippen LogP contribution is 2.16. The van der Waals surface area contributed by atoms with Crippen molar-refractivity contribution in [2.45, 2.75) is 11.4 Å². The highest BCUT2D eigenvalue weighted by atomic mass is 32.1. The second-order valence-electron chi connectivity index (χ2n) is 3.73. The van der Waals surface area contributed by atoms with E-state index in [4.69, 9.17) is 0 Å². The first kappa shape index (κ1) is 10.3. The van der Waals surface area contributed by atoms with Crippen LogP contribution in [-0.4, -0.2) is 19.9 Å². The average Bonchev–Trinajstić information content (AvgIpc) is 2.79. The molecular formula is C12H10N4S. The third-order valence-corrected chi connectivity index (χ3v) is 2.84. The zero-order chi connectivity index (χ0) is 11.7. The van der Waals surface area contributed by atoms with E-state index in [2.05, 4.69) is 44.7 Å². The van der Waals surface area contributed by atoms with Gasteiger partial charge in [0.2, 0.25) is 0 Å². The van der Waals surface area contributed by atoms with E-state index < -0.39 is 0 Å². The molecule has 1 N–H and O–H groups in total. The molecule has 0 saturated heterocycles. The van der Waals surface area contributed by atoms with Gasteiger partial charge in [0.05, 0.1) is 6.33 Å². The van der Waals surface area contributed by atoms with Crippen molar-refractivity contribution in [1.82, 2.24) is 19.9 Å². The summed E-state index contributed by atoms with van der Waals surface area (Å²) in [6.07, 6.45) is 2.29. The van der Waals surface area contributed by atoms with Crippen LogP contribution in [0.25, 0.3) is 11.2 Å². The van der Waals surface area contributed by atoms with E-state index in [-0.39, 0.29) is 0 Å². The third-order valence-electron chi connectivity index (χ3n) is 2.52. The number of H-pyrrole nitrogens is 1. The topological polar surface area (TPSA) is 54.5 Å². The fraction of sp³-hybridized carbons (Fsp3) is 0.0833. The standard InChI is InChI=1S/C12H10N4S/c17-12-10-11(14-7-13-10)15-9(16-12)6-8-4-2-1-3-5-8/h1-5,7H,6H2,(H2,13,14,15,16,17). The van der Waals surface area contributed by atoms with Crippen molar-refractivity contribution in [3.05, 3.63) is 48.0 Å². The molecule has 0 bridgehead atoms. The van der Waals surface area contributed by atoms with Gasteiger partial charge in [-0.25, -0.2) is 15.0 Å². The zero-order valence-electron chi connectivity index (χ0n) is 8.96. The Kier molecular flexibility index (Phi) is 2.53. The lowest BCUT2D eigenvalue weighted by atomic mass is 10.1. The summed E-state index contributed by atoms with van der Waals surface area (Å²) in [5, 5.41) is 0.637. The van der Waals surface area contributed by atoms with Gasteiger partial charge in [-0.3, -0.25) is 0 Å². The van der Waals surface area contributed by atoms with Gasteiger partial charge >= 0.3 is 0 Å². The summed E-state index contributed by atoms with van der Waals surface area (Å²) in [5.41, 5.74) is 2.62. The average molecular weight is 242 g/mol. The number of aromatic nitrogens is 4. The molecule has 3 aromatic rings. The minimum Gasteiger partial charge on any atom is -0.341 e. The van der Waals surface area contributed by atoms with Gasteiger partial charge in [-0.2, -0.15) is 0 Å². The zero-order valence-corrected chi connectivity index (χ0v) is 9.85. The Morgan fingerprint density at radius 1 is 1.12 bits per heavy atom. The summed E-state index contributed by atoms with van der Waals surface area (Å²) >= 11 is 4.33. The van der Waals surface area contributed by atoms with Gasteiger partial charge in [0, 0.05) is 6.42 Å². The molecule has 17 heavy (non-hydrogen) atoms. The highest BCUT2D eigenvalue weighted by molar-refractivity contribution is 7.80. The van der Waals surface area contributed by atoms with Crippen molar-refractivity contribution in [3.8, 4) is 0 Å². The van der Waals surface area contributed by atoms with Crippen LogP contribution in [0.1, 0.15) is 11.4 Å². The molecule has 3 rings (SSSR count). The SMILES string of the molecule is Sc1nc(Cc2ccccc2)nc2nc[nH]c12. The molecule has 0 aliphatic rings. The Hall–Kier alpha value is -1.88. The van der Waals surface area contributed by atoms with Gasteiger partial charge < -0.3 is 4.98 Å². The maximum atomic E-state index is 4.39. The van der Waals surface area contributed by atoms with Crippen LogP contribution >= 0.6 is 12.6 Å². The van der Waals surface area contributed by atoms with Crippen LogP contribution < -0.4 is 0 Å². The Bertz CT molecular complexity index is 648. The molecule has 2 aromatic heterocycles. The maximum absolute atomic E-state index is 4.39.